The van der Waals surface area contributed by atoms with Gasteiger partial charge in [0.2, 0.25) is 5.88 Å². The molecule has 4 rings (SSSR count). The van der Waals surface area contributed by atoms with E-state index in [9.17, 15) is 4.79 Å². The van der Waals surface area contributed by atoms with E-state index in [-0.39, 0.29) is 11.7 Å². The average molecular weight is 394 g/mol. The third-order valence-corrected chi connectivity index (χ3v) is 5.07. The Labute approximate surface area is 169 Å². The molecule has 0 bridgehead atoms. The SMILES string of the molecule is CC(C)Oc1ncnc2ccc(N3CCN(Cc4ccc(=O)n(C)n4)CC3)cc12. The predicted molar refractivity (Wildman–Crippen MR) is 112 cm³/mol. The average Bonchev–Trinajstić information content (AvgIpc) is 2.71. The first-order valence-electron chi connectivity index (χ1n) is 9.91. The van der Waals surface area contributed by atoms with Crippen molar-refractivity contribution in [1.29, 1.82) is 0 Å². The Morgan fingerprint density at radius 1 is 1.07 bits per heavy atom. The molecule has 8 heteroatoms. The van der Waals surface area contributed by atoms with Crippen molar-refractivity contribution in [2.75, 3.05) is 31.1 Å². The van der Waals surface area contributed by atoms with Gasteiger partial charge in [0, 0.05) is 51.5 Å². The second-order valence-electron chi connectivity index (χ2n) is 7.60. The van der Waals surface area contributed by atoms with Crippen LogP contribution < -0.4 is 15.2 Å². The fourth-order valence-corrected chi connectivity index (χ4v) is 3.56. The second kappa shape index (κ2) is 8.16. The van der Waals surface area contributed by atoms with E-state index in [1.807, 2.05) is 26.0 Å². The van der Waals surface area contributed by atoms with E-state index in [0.29, 0.717) is 5.88 Å². The highest BCUT2D eigenvalue weighted by Crippen LogP contribution is 2.28. The van der Waals surface area contributed by atoms with Crippen LogP contribution in [-0.4, -0.2) is 56.9 Å². The number of anilines is 1. The summed E-state index contributed by atoms with van der Waals surface area (Å²) in [6.45, 7) is 8.45. The normalized spacial score (nSPS) is 15.2. The third-order valence-electron chi connectivity index (χ3n) is 5.07. The number of piperazine rings is 1. The van der Waals surface area contributed by atoms with E-state index in [2.05, 4.69) is 37.0 Å². The van der Waals surface area contributed by atoms with Gasteiger partial charge in [0.05, 0.1) is 22.7 Å². The summed E-state index contributed by atoms with van der Waals surface area (Å²) in [5.74, 6) is 0.631. The van der Waals surface area contributed by atoms with Crippen LogP contribution in [0.2, 0.25) is 0 Å². The number of aryl methyl sites for hydroxylation is 1. The van der Waals surface area contributed by atoms with E-state index < -0.39 is 0 Å². The zero-order valence-electron chi connectivity index (χ0n) is 17.1. The molecule has 0 unspecified atom stereocenters. The summed E-state index contributed by atoms with van der Waals surface area (Å²) in [5.41, 5.74) is 2.87. The maximum absolute atomic E-state index is 11.5. The minimum atomic E-state index is -0.0836. The largest absolute Gasteiger partial charge is 0.474 e. The van der Waals surface area contributed by atoms with Gasteiger partial charge in [-0.1, -0.05) is 0 Å². The summed E-state index contributed by atoms with van der Waals surface area (Å²) in [5, 5.41) is 5.27. The molecule has 29 heavy (non-hydrogen) atoms. The third kappa shape index (κ3) is 4.37. The molecule has 1 aromatic carbocycles. The second-order valence-corrected chi connectivity index (χ2v) is 7.60. The first-order valence-corrected chi connectivity index (χ1v) is 9.91. The fraction of sp³-hybridized carbons (Fsp3) is 0.429. The number of fused-ring (bicyclic) bond motifs is 1. The number of rotatable bonds is 5. The Balaban J connectivity index is 1.45. The molecular formula is C21H26N6O2. The molecule has 1 aliphatic rings. The Hall–Kier alpha value is -3.00. The topological polar surface area (TPSA) is 76.4 Å². The van der Waals surface area contributed by atoms with E-state index in [1.165, 1.54) is 4.68 Å². The van der Waals surface area contributed by atoms with E-state index in [0.717, 1.165) is 55.0 Å². The summed E-state index contributed by atoms with van der Waals surface area (Å²) in [6, 6.07) is 9.65. The number of nitrogens with zero attached hydrogens (tertiary/aromatic N) is 6. The van der Waals surface area contributed by atoms with Gasteiger partial charge in [0.1, 0.15) is 6.33 Å². The van der Waals surface area contributed by atoms with Crippen molar-refractivity contribution in [2.24, 2.45) is 7.05 Å². The number of ether oxygens (including phenoxy) is 1. The van der Waals surface area contributed by atoms with Gasteiger partial charge in [-0.3, -0.25) is 9.69 Å². The zero-order chi connectivity index (χ0) is 20.4. The quantitative estimate of drug-likeness (QED) is 0.653. The lowest BCUT2D eigenvalue weighted by molar-refractivity contribution is 0.235. The molecule has 1 fully saturated rings. The number of hydrogen-bond acceptors (Lipinski definition) is 7. The van der Waals surface area contributed by atoms with Crippen LogP contribution in [-0.2, 0) is 13.6 Å². The Bertz CT molecular complexity index is 1060. The van der Waals surface area contributed by atoms with Crippen LogP contribution in [0.5, 0.6) is 5.88 Å². The minimum Gasteiger partial charge on any atom is -0.474 e. The van der Waals surface area contributed by atoms with Crippen LogP contribution >= 0.6 is 0 Å². The molecule has 1 saturated heterocycles. The number of hydrogen-bond donors (Lipinski definition) is 0. The molecule has 152 valence electrons. The molecule has 0 atom stereocenters. The van der Waals surface area contributed by atoms with Crippen LogP contribution in [0.15, 0.2) is 41.5 Å². The number of benzene rings is 1. The van der Waals surface area contributed by atoms with Gasteiger partial charge in [-0.05, 0) is 38.1 Å². The summed E-state index contributed by atoms with van der Waals surface area (Å²) in [4.78, 5) is 24.9. The van der Waals surface area contributed by atoms with Gasteiger partial charge < -0.3 is 9.64 Å². The minimum absolute atomic E-state index is 0.0615. The van der Waals surface area contributed by atoms with Gasteiger partial charge in [-0.2, -0.15) is 5.10 Å². The molecule has 1 aliphatic heterocycles. The Morgan fingerprint density at radius 3 is 2.59 bits per heavy atom. The zero-order valence-corrected chi connectivity index (χ0v) is 17.1. The van der Waals surface area contributed by atoms with E-state index in [1.54, 1.807) is 19.4 Å². The molecule has 3 aromatic rings. The Morgan fingerprint density at radius 2 is 1.86 bits per heavy atom. The van der Waals surface area contributed by atoms with Crippen LogP contribution in [0.25, 0.3) is 10.9 Å². The first kappa shape index (κ1) is 19.3. The molecule has 0 amide bonds. The first-order chi connectivity index (χ1) is 14.0. The monoisotopic (exact) mass is 394 g/mol. The van der Waals surface area contributed by atoms with Crippen molar-refractivity contribution in [3.63, 3.8) is 0 Å². The predicted octanol–water partition coefficient (Wildman–Crippen LogP) is 1.83. The fourth-order valence-electron chi connectivity index (χ4n) is 3.56. The van der Waals surface area contributed by atoms with Crippen molar-refractivity contribution >= 4 is 16.6 Å². The summed E-state index contributed by atoms with van der Waals surface area (Å²) in [7, 11) is 1.68. The highest BCUT2D eigenvalue weighted by Gasteiger charge is 2.19. The lowest BCUT2D eigenvalue weighted by Gasteiger charge is -2.36. The molecule has 2 aromatic heterocycles. The van der Waals surface area contributed by atoms with Gasteiger partial charge in [-0.25, -0.2) is 14.6 Å². The highest BCUT2D eigenvalue weighted by molar-refractivity contribution is 5.86. The van der Waals surface area contributed by atoms with Crippen molar-refractivity contribution in [3.05, 3.63) is 52.7 Å². The standard InChI is InChI=1S/C21H26N6O2/c1-15(2)29-21-18-12-17(5-6-19(18)22-14-23-21)27-10-8-26(9-11-27)13-16-4-7-20(28)25(3)24-16/h4-7,12,14-15H,8-11,13H2,1-3H3. The maximum Gasteiger partial charge on any atom is 0.266 e. The molecule has 0 aliphatic carbocycles. The van der Waals surface area contributed by atoms with Crippen molar-refractivity contribution in [1.82, 2.24) is 24.6 Å². The molecule has 8 nitrogen and oxygen atoms in total. The smallest absolute Gasteiger partial charge is 0.266 e. The lowest BCUT2D eigenvalue weighted by atomic mass is 10.2. The maximum atomic E-state index is 11.5. The molecule has 3 heterocycles. The molecular weight excluding hydrogens is 368 g/mol. The van der Waals surface area contributed by atoms with Gasteiger partial charge in [0.15, 0.2) is 0 Å². The van der Waals surface area contributed by atoms with Crippen molar-refractivity contribution in [3.8, 4) is 5.88 Å². The van der Waals surface area contributed by atoms with Gasteiger partial charge in [0.25, 0.3) is 5.56 Å². The summed E-state index contributed by atoms with van der Waals surface area (Å²) < 4.78 is 7.25. The lowest BCUT2D eigenvalue weighted by Crippen LogP contribution is -2.46. The summed E-state index contributed by atoms with van der Waals surface area (Å²) in [6.07, 6.45) is 1.61. The summed E-state index contributed by atoms with van der Waals surface area (Å²) >= 11 is 0. The molecule has 0 saturated carbocycles. The van der Waals surface area contributed by atoms with Crippen LogP contribution in [0, 0.1) is 0 Å². The highest BCUT2D eigenvalue weighted by atomic mass is 16.5. The molecule has 0 N–H and O–H groups in total. The van der Waals surface area contributed by atoms with Crippen LogP contribution in [0.3, 0.4) is 0 Å². The van der Waals surface area contributed by atoms with Crippen molar-refractivity contribution in [2.45, 2.75) is 26.5 Å². The molecule has 0 spiro atoms. The van der Waals surface area contributed by atoms with E-state index >= 15 is 0 Å². The number of aromatic nitrogens is 4. The van der Waals surface area contributed by atoms with Gasteiger partial charge >= 0.3 is 0 Å². The van der Waals surface area contributed by atoms with Gasteiger partial charge in [-0.15, -0.1) is 0 Å². The molecule has 0 radical (unpaired) electrons. The van der Waals surface area contributed by atoms with E-state index in [4.69, 9.17) is 4.74 Å². The van der Waals surface area contributed by atoms with Crippen LogP contribution in [0.4, 0.5) is 5.69 Å². The Kier molecular flexibility index (Phi) is 5.44. The van der Waals surface area contributed by atoms with Crippen LogP contribution in [0.1, 0.15) is 19.5 Å². The van der Waals surface area contributed by atoms with Crippen molar-refractivity contribution < 1.29 is 4.74 Å².